The second-order valence-corrected chi connectivity index (χ2v) is 7.92. The fraction of sp³-hybridized carbons (Fsp3) is 0.250. The van der Waals surface area contributed by atoms with Crippen LogP contribution in [0.1, 0.15) is 28.1 Å². The molecule has 1 aliphatic heterocycles. The Balaban J connectivity index is 1.24. The summed E-state index contributed by atoms with van der Waals surface area (Å²) in [5, 5.41) is 7.82. The Labute approximate surface area is 181 Å². The van der Waals surface area contributed by atoms with Crippen molar-refractivity contribution >= 4 is 11.6 Å². The van der Waals surface area contributed by atoms with E-state index >= 15 is 0 Å². The van der Waals surface area contributed by atoms with E-state index in [9.17, 15) is 0 Å². The lowest BCUT2D eigenvalue weighted by Gasteiger charge is -2.29. The Bertz CT molecular complexity index is 1200. The molecule has 0 saturated carbocycles. The molecule has 1 aromatic carbocycles. The van der Waals surface area contributed by atoms with Crippen LogP contribution >= 0.6 is 0 Å². The maximum Gasteiger partial charge on any atom is 0.174 e. The van der Waals surface area contributed by atoms with Crippen molar-refractivity contribution in [2.24, 2.45) is 0 Å². The van der Waals surface area contributed by atoms with E-state index in [4.69, 9.17) is 4.98 Å². The minimum absolute atomic E-state index is 0.630. The Hall–Kier alpha value is -3.74. The van der Waals surface area contributed by atoms with E-state index in [1.165, 1.54) is 11.1 Å². The summed E-state index contributed by atoms with van der Waals surface area (Å²) >= 11 is 0. The first-order valence-corrected chi connectivity index (χ1v) is 10.5. The largest absolute Gasteiger partial charge is 0.365 e. The zero-order valence-corrected chi connectivity index (χ0v) is 17.8. The van der Waals surface area contributed by atoms with Gasteiger partial charge in [-0.1, -0.05) is 30.3 Å². The highest BCUT2D eigenvalue weighted by atomic mass is 15.3. The molecule has 0 amide bonds. The van der Waals surface area contributed by atoms with Crippen LogP contribution in [0.5, 0.6) is 0 Å². The molecule has 7 heteroatoms. The number of nitrogens with zero attached hydrogens (tertiary/aromatic N) is 6. The highest BCUT2D eigenvalue weighted by Gasteiger charge is 2.16. The molecule has 3 aromatic heterocycles. The van der Waals surface area contributed by atoms with Gasteiger partial charge in [-0.25, -0.2) is 14.6 Å². The number of nitrogens with one attached hydrogen (secondary N) is 1. The predicted molar refractivity (Wildman–Crippen MR) is 121 cm³/mol. The third-order valence-corrected chi connectivity index (χ3v) is 5.59. The van der Waals surface area contributed by atoms with Gasteiger partial charge in [-0.3, -0.25) is 4.98 Å². The van der Waals surface area contributed by atoms with Gasteiger partial charge in [0.1, 0.15) is 11.6 Å². The van der Waals surface area contributed by atoms with E-state index in [2.05, 4.69) is 61.7 Å². The summed E-state index contributed by atoms with van der Waals surface area (Å²) in [6, 6.07) is 14.9. The molecule has 4 aromatic rings. The molecule has 0 bridgehead atoms. The summed E-state index contributed by atoms with van der Waals surface area (Å²) in [4.78, 5) is 16.0. The van der Waals surface area contributed by atoms with Crippen molar-refractivity contribution < 1.29 is 0 Å². The molecule has 5 rings (SSSR count). The Morgan fingerprint density at radius 1 is 0.968 bits per heavy atom. The monoisotopic (exact) mass is 411 g/mol. The first-order chi connectivity index (χ1) is 15.2. The number of aryl methyl sites for hydroxylation is 2. The zero-order chi connectivity index (χ0) is 21.2. The molecule has 0 saturated heterocycles. The van der Waals surface area contributed by atoms with Crippen LogP contribution in [-0.2, 0) is 19.5 Å². The van der Waals surface area contributed by atoms with Crippen LogP contribution in [0.15, 0.2) is 61.1 Å². The van der Waals surface area contributed by atoms with Crippen molar-refractivity contribution in [1.82, 2.24) is 24.7 Å². The highest BCUT2D eigenvalue weighted by Crippen LogP contribution is 2.23. The summed E-state index contributed by atoms with van der Waals surface area (Å²) in [5.41, 5.74) is 5.93. The number of pyridine rings is 1. The van der Waals surface area contributed by atoms with Gasteiger partial charge < -0.3 is 10.2 Å². The molecular formula is C24H25N7. The summed E-state index contributed by atoms with van der Waals surface area (Å²) < 4.78 is 1.81. The summed E-state index contributed by atoms with van der Waals surface area (Å²) in [6.07, 6.45) is 6.44. The Kier molecular flexibility index (Phi) is 5.08. The number of hydrogen-bond donors (Lipinski definition) is 1. The molecule has 0 aliphatic carbocycles. The minimum atomic E-state index is 0.630. The third kappa shape index (κ3) is 4.12. The lowest BCUT2D eigenvalue weighted by molar-refractivity contribution is 0.720. The molecule has 1 aliphatic rings. The van der Waals surface area contributed by atoms with Gasteiger partial charge in [0.05, 0.1) is 18.1 Å². The van der Waals surface area contributed by atoms with E-state index < -0.39 is 0 Å². The normalized spacial score (nSPS) is 13.2. The molecule has 7 nitrogen and oxygen atoms in total. The van der Waals surface area contributed by atoms with E-state index in [1.54, 1.807) is 17.1 Å². The molecule has 156 valence electrons. The fourth-order valence-corrected chi connectivity index (χ4v) is 4.00. The molecule has 4 heterocycles. The van der Waals surface area contributed by atoms with E-state index in [0.29, 0.717) is 18.2 Å². The third-order valence-electron chi connectivity index (χ3n) is 5.59. The van der Waals surface area contributed by atoms with Crippen molar-refractivity contribution in [2.75, 3.05) is 16.8 Å². The zero-order valence-electron chi connectivity index (χ0n) is 17.8. The molecule has 1 N–H and O–H groups in total. The van der Waals surface area contributed by atoms with Gasteiger partial charge in [0, 0.05) is 31.5 Å². The number of benzene rings is 1. The summed E-state index contributed by atoms with van der Waals surface area (Å²) in [6.45, 7) is 6.52. The fourth-order valence-electron chi connectivity index (χ4n) is 4.00. The molecule has 31 heavy (non-hydrogen) atoms. The van der Waals surface area contributed by atoms with Crippen LogP contribution in [0, 0.1) is 13.8 Å². The van der Waals surface area contributed by atoms with Crippen LogP contribution < -0.4 is 10.2 Å². The van der Waals surface area contributed by atoms with Gasteiger partial charge in [0.2, 0.25) is 0 Å². The van der Waals surface area contributed by atoms with Crippen LogP contribution in [-0.4, -0.2) is 31.3 Å². The van der Waals surface area contributed by atoms with Crippen LogP contribution in [0.2, 0.25) is 0 Å². The van der Waals surface area contributed by atoms with Gasteiger partial charge >= 0.3 is 0 Å². The standard InChI is InChI=1S/C24H25N7/c1-17-11-18(2)31(29-17)24-15-25-14-22(28-24)26-12-19-7-8-23(27-13-19)30-10-9-20-5-3-4-6-21(20)16-30/h3-8,11,13-15H,9-10,12,16H2,1-2H3,(H,26,28). The first kappa shape index (κ1) is 19.2. The maximum absolute atomic E-state index is 4.70. The van der Waals surface area contributed by atoms with Gasteiger partial charge in [-0.05, 0) is 49.1 Å². The average molecular weight is 412 g/mol. The van der Waals surface area contributed by atoms with Crippen molar-refractivity contribution in [3.8, 4) is 5.82 Å². The van der Waals surface area contributed by atoms with Gasteiger partial charge in [-0.15, -0.1) is 0 Å². The van der Waals surface area contributed by atoms with Crippen molar-refractivity contribution in [3.63, 3.8) is 0 Å². The van der Waals surface area contributed by atoms with Crippen LogP contribution in [0.4, 0.5) is 11.6 Å². The number of fused-ring (bicyclic) bond motifs is 1. The number of rotatable bonds is 5. The van der Waals surface area contributed by atoms with Gasteiger partial charge in [0.25, 0.3) is 0 Å². The van der Waals surface area contributed by atoms with Crippen LogP contribution in [0.25, 0.3) is 5.82 Å². The smallest absolute Gasteiger partial charge is 0.174 e. The van der Waals surface area contributed by atoms with Crippen molar-refractivity contribution in [2.45, 2.75) is 33.4 Å². The second-order valence-electron chi connectivity index (χ2n) is 7.92. The number of anilines is 2. The Morgan fingerprint density at radius 2 is 1.84 bits per heavy atom. The first-order valence-electron chi connectivity index (χ1n) is 10.5. The number of hydrogen-bond acceptors (Lipinski definition) is 6. The predicted octanol–water partition coefficient (Wildman–Crippen LogP) is 3.85. The van der Waals surface area contributed by atoms with E-state index in [1.807, 2.05) is 26.1 Å². The molecule has 0 radical (unpaired) electrons. The van der Waals surface area contributed by atoms with E-state index in [0.717, 1.165) is 42.3 Å². The van der Waals surface area contributed by atoms with Gasteiger partial charge in [-0.2, -0.15) is 5.10 Å². The van der Waals surface area contributed by atoms with Crippen molar-refractivity contribution in [1.29, 1.82) is 0 Å². The topological polar surface area (TPSA) is 71.8 Å². The lowest BCUT2D eigenvalue weighted by atomic mass is 10.00. The van der Waals surface area contributed by atoms with E-state index in [-0.39, 0.29) is 0 Å². The molecule has 0 atom stereocenters. The van der Waals surface area contributed by atoms with Crippen LogP contribution in [0.3, 0.4) is 0 Å². The summed E-state index contributed by atoms with van der Waals surface area (Å²) in [7, 11) is 0. The quantitative estimate of drug-likeness (QED) is 0.538. The second kappa shape index (κ2) is 8.18. The minimum Gasteiger partial charge on any atom is -0.365 e. The number of aromatic nitrogens is 5. The molecule has 0 unspecified atom stereocenters. The summed E-state index contributed by atoms with van der Waals surface area (Å²) in [5.74, 6) is 2.43. The lowest BCUT2D eigenvalue weighted by Crippen LogP contribution is -2.30. The average Bonchev–Trinajstić information content (AvgIpc) is 3.16. The Morgan fingerprint density at radius 3 is 2.61 bits per heavy atom. The SMILES string of the molecule is Cc1cc(C)n(-c2cncc(NCc3ccc(N4CCc5ccccc5C4)nc3)n2)n1. The van der Waals surface area contributed by atoms with Crippen molar-refractivity contribution in [3.05, 3.63) is 89.1 Å². The molecule has 0 fully saturated rings. The maximum atomic E-state index is 4.70. The highest BCUT2D eigenvalue weighted by molar-refractivity contribution is 5.45. The molecular weight excluding hydrogens is 386 g/mol. The van der Waals surface area contributed by atoms with Gasteiger partial charge in [0.15, 0.2) is 5.82 Å². The molecule has 0 spiro atoms.